The first kappa shape index (κ1) is 27.6. The average Bonchev–Trinajstić information content (AvgIpc) is 3.68. The van der Waals surface area contributed by atoms with Crippen LogP contribution in [0.15, 0.2) is 36.4 Å². The summed E-state index contributed by atoms with van der Waals surface area (Å²) in [6.07, 6.45) is 1.14. The van der Waals surface area contributed by atoms with E-state index in [2.05, 4.69) is 41.8 Å². The number of aliphatic hydroxyl groups is 2. The fourth-order valence-electron chi connectivity index (χ4n) is 6.34. The number of nitrogens with zero attached hydrogens (tertiary/aromatic N) is 7. The van der Waals surface area contributed by atoms with Gasteiger partial charge in [-0.05, 0) is 56.2 Å². The SMILES string of the molecule is CCc1nn2c(C)cc(N3CCC4(CN(C[C@@H](O)CO)C4)C3)cc2c1N(C)c1nc(-c2ccc(F)cc2)c(C#N)s1. The molecule has 41 heavy (non-hydrogen) atoms. The molecule has 2 aliphatic heterocycles. The zero-order valence-corrected chi connectivity index (χ0v) is 24.3. The Kier molecular flexibility index (Phi) is 7.20. The highest BCUT2D eigenvalue weighted by Gasteiger charge is 2.47. The van der Waals surface area contributed by atoms with Crippen molar-refractivity contribution in [1.29, 1.82) is 5.26 Å². The van der Waals surface area contributed by atoms with Crippen molar-refractivity contribution in [2.45, 2.75) is 32.8 Å². The predicted molar refractivity (Wildman–Crippen MR) is 158 cm³/mol. The van der Waals surface area contributed by atoms with Crippen LogP contribution in [0, 0.1) is 29.5 Å². The first-order valence-corrected chi connectivity index (χ1v) is 14.7. The smallest absolute Gasteiger partial charge is 0.191 e. The summed E-state index contributed by atoms with van der Waals surface area (Å²) in [5.41, 5.74) is 6.56. The van der Waals surface area contributed by atoms with E-state index in [-0.39, 0.29) is 17.8 Å². The van der Waals surface area contributed by atoms with Crippen molar-refractivity contribution in [2.75, 3.05) is 56.2 Å². The summed E-state index contributed by atoms with van der Waals surface area (Å²) in [5.74, 6) is -0.330. The molecule has 1 aromatic carbocycles. The lowest BCUT2D eigenvalue weighted by atomic mass is 9.79. The molecule has 214 valence electrons. The summed E-state index contributed by atoms with van der Waals surface area (Å²) >= 11 is 1.32. The third-order valence-electron chi connectivity index (χ3n) is 8.33. The van der Waals surface area contributed by atoms with Gasteiger partial charge in [-0.25, -0.2) is 13.9 Å². The number of likely N-dealkylation sites (tertiary alicyclic amines) is 1. The number of hydrogen-bond acceptors (Lipinski definition) is 9. The number of anilines is 3. The summed E-state index contributed by atoms with van der Waals surface area (Å²) in [7, 11) is 1.96. The van der Waals surface area contributed by atoms with Gasteiger partial charge >= 0.3 is 0 Å². The lowest BCUT2D eigenvalue weighted by Gasteiger charge is -2.48. The van der Waals surface area contributed by atoms with Crippen molar-refractivity contribution in [3.05, 3.63) is 58.5 Å². The van der Waals surface area contributed by atoms with Gasteiger partial charge in [0.25, 0.3) is 0 Å². The molecule has 5 heterocycles. The van der Waals surface area contributed by atoms with Gasteiger partial charge in [-0.2, -0.15) is 10.4 Å². The number of nitriles is 1. The Bertz CT molecular complexity index is 1620. The number of hydrogen-bond donors (Lipinski definition) is 2. The molecule has 2 N–H and O–H groups in total. The summed E-state index contributed by atoms with van der Waals surface area (Å²) in [6, 6.07) is 12.7. The fourth-order valence-corrected chi connectivity index (χ4v) is 7.19. The maximum atomic E-state index is 13.5. The molecule has 1 spiro atoms. The lowest BCUT2D eigenvalue weighted by Crippen LogP contribution is -2.59. The fraction of sp³-hybridized carbons (Fsp3) is 0.433. The van der Waals surface area contributed by atoms with Crippen molar-refractivity contribution in [3.63, 3.8) is 0 Å². The van der Waals surface area contributed by atoms with Crippen LogP contribution in [-0.4, -0.2) is 82.2 Å². The Morgan fingerprint density at radius 3 is 2.66 bits per heavy atom. The quantitative estimate of drug-likeness (QED) is 0.325. The van der Waals surface area contributed by atoms with Crippen molar-refractivity contribution in [2.24, 2.45) is 5.41 Å². The molecule has 0 bridgehead atoms. The van der Waals surface area contributed by atoms with Crippen LogP contribution in [0.3, 0.4) is 0 Å². The van der Waals surface area contributed by atoms with Gasteiger partial charge in [0.15, 0.2) is 5.13 Å². The lowest BCUT2D eigenvalue weighted by molar-refractivity contribution is -0.0268. The van der Waals surface area contributed by atoms with Crippen LogP contribution in [0.25, 0.3) is 16.8 Å². The summed E-state index contributed by atoms with van der Waals surface area (Å²) < 4.78 is 15.5. The minimum atomic E-state index is -0.686. The number of halogens is 1. The third-order valence-corrected chi connectivity index (χ3v) is 9.37. The molecule has 0 amide bonds. The van der Waals surface area contributed by atoms with E-state index in [1.165, 1.54) is 23.5 Å². The third kappa shape index (κ3) is 4.95. The highest BCUT2D eigenvalue weighted by Crippen LogP contribution is 2.43. The highest BCUT2D eigenvalue weighted by atomic mass is 32.1. The minimum Gasteiger partial charge on any atom is -0.394 e. The molecule has 0 radical (unpaired) electrons. The Morgan fingerprint density at radius 1 is 1.22 bits per heavy atom. The second kappa shape index (κ2) is 10.7. The first-order valence-electron chi connectivity index (χ1n) is 13.9. The van der Waals surface area contributed by atoms with E-state index < -0.39 is 6.10 Å². The number of aliphatic hydroxyl groups excluding tert-OH is 2. The Hall–Kier alpha value is -3.56. The molecule has 2 fully saturated rings. The zero-order valence-electron chi connectivity index (χ0n) is 23.5. The number of pyridine rings is 1. The van der Waals surface area contributed by atoms with Crippen LogP contribution >= 0.6 is 11.3 Å². The summed E-state index contributed by atoms with van der Waals surface area (Å²) in [4.78, 5) is 12.0. The average molecular weight is 576 g/mol. The van der Waals surface area contributed by atoms with Crippen LogP contribution in [0.2, 0.25) is 0 Å². The second-order valence-corrected chi connectivity index (χ2v) is 12.3. The van der Waals surface area contributed by atoms with Crippen molar-refractivity contribution < 1.29 is 14.6 Å². The van der Waals surface area contributed by atoms with E-state index in [9.17, 15) is 19.9 Å². The maximum absolute atomic E-state index is 13.5. The van der Waals surface area contributed by atoms with E-state index >= 15 is 0 Å². The van der Waals surface area contributed by atoms with E-state index in [4.69, 9.17) is 10.1 Å². The van der Waals surface area contributed by atoms with Crippen LogP contribution in [0.4, 0.5) is 20.9 Å². The molecule has 0 aliphatic carbocycles. The number of rotatable bonds is 8. The first-order chi connectivity index (χ1) is 19.7. The topological polar surface area (TPSA) is 104 Å². The standard InChI is InChI=1S/C30H34FN7O2S/c1-4-24-28(35(3)29-33-27(26(13-32)41-29)20-5-7-21(31)8-6-20)25-12-22(11-19(2)38(25)34-24)37-10-9-30(18-37)16-36(17-30)14-23(40)15-39/h5-8,11-12,23,39-40H,4,9-10,14-18H2,1-3H3/t23-/m1/s1. The van der Waals surface area contributed by atoms with Gasteiger partial charge in [-0.3, -0.25) is 4.90 Å². The normalized spacial score (nSPS) is 17.2. The molecule has 0 unspecified atom stereocenters. The zero-order chi connectivity index (χ0) is 28.9. The number of fused-ring (bicyclic) bond motifs is 1. The predicted octanol–water partition coefficient (Wildman–Crippen LogP) is 3.97. The van der Waals surface area contributed by atoms with Crippen LogP contribution in [-0.2, 0) is 6.42 Å². The van der Waals surface area contributed by atoms with Gasteiger partial charge in [0, 0.05) is 62.1 Å². The molecular formula is C30H34FN7O2S. The Balaban J connectivity index is 1.31. The molecule has 1 atom stereocenters. The van der Waals surface area contributed by atoms with Crippen LogP contribution in [0.1, 0.15) is 29.6 Å². The molecule has 9 nitrogen and oxygen atoms in total. The van der Waals surface area contributed by atoms with Gasteiger partial charge in [0.05, 0.1) is 29.6 Å². The summed E-state index contributed by atoms with van der Waals surface area (Å²) in [5, 5.41) is 34.5. The van der Waals surface area contributed by atoms with Crippen molar-refractivity contribution in [1.82, 2.24) is 19.5 Å². The van der Waals surface area contributed by atoms with Gasteiger partial charge in [0.2, 0.25) is 0 Å². The molecule has 2 saturated heterocycles. The van der Waals surface area contributed by atoms with Gasteiger partial charge in [-0.1, -0.05) is 18.3 Å². The number of thiazole rings is 1. The minimum absolute atomic E-state index is 0.205. The van der Waals surface area contributed by atoms with Gasteiger partial charge < -0.3 is 20.0 Å². The highest BCUT2D eigenvalue weighted by molar-refractivity contribution is 7.16. The van der Waals surface area contributed by atoms with E-state index in [0.29, 0.717) is 27.8 Å². The number of aromatic nitrogens is 3. The monoisotopic (exact) mass is 575 g/mol. The Labute approximate surface area is 242 Å². The Morgan fingerprint density at radius 2 is 1.98 bits per heavy atom. The molecule has 4 aromatic rings. The van der Waals surface area contributed by atoms with E-state index in [1.54, 1.807) is 12.1 Å². The largest absolute Gasteiger partial charge is 0.394 e. The van der Waals surface area contributed by atoms with Gasteiger partial charge in [0.1, 0.15) is 22.5 Å². The molecule has 3 aromatic heterocycles. The van der Waals surface area contributed by atoms with Crippen molar-refractivity contribution >= 4 is 33.4 Å². The van der Waals surface area contributed by atoms with Crippen LogP contribution in [0.5, 0.6) is 0 Å². The van der Waals surface area contributed by atoms with Crippen molar-refractivity contribution in [3.8, 4) is 17.3 Å². The van der Waals surface area contributed by atoms with Crippen LogP contribution < -0.4 is 9.80 Å². The van der Waals surface area contributed by atoms with E-state index in [1.807, 2.05) is 16.5 Å². The molecule has 6 rings (SSSR count). The van der Waals surface area contributed by atoms with Gasteiger partial charge in [-0.15, -0.1) is 0 Å². The molecular weight excluding hydrogens is 541 g/mol. The number of aryl methyl sites for hydroxylation is 2. The maximum Gasteiger partial charge on any atom is 0.191 e. The molecule has 2 aliphatic rings. The van der Waals surface area contributed by atoms with E-state index in [0.717, 1.165) is 67.3 Å². The summed E-state index contributed by atoms with van der Waals surface area (Å²) in [6.45, 7) is 8.25. The number of β-amino-alcohol motifs (C(OH)–C–C–N with tert-alkyl or cyclic N) is 1. The molecule has 11 heteroatoms. The number of benzene rings is 1. The second-order valence-electron chi connectivity index (χ2n) is 11.3. The molecule has 0 saturated carbocycles.